The summed E-state index contributed by atoms with van der Waals surface area (Å²) in [6, 6.07) is 0. The molecule has 3 saturated heterocycles. The molecule has 0 aliphatic carbocycles. The van der Waals surface area contributed by atoms with E-state index in [1.807, 2.05) is 18.9 Å². The Hall–Kier alpha value is -3.24. The van der Waals surface area contributed by atoms with E-state index < -0.39 is 5.92 Å². The highest BCUT2D eigenvalue weighted by molar-refractivity contribution is 6.02. The van der Waals surface area contributed by atoms with Crippen LogP contribution in [-0.2, 0) is 21.4 Å². The molecular formula is C25H35N7O4. The van der Waals surface area contributed by atoms with Gasteiger partial charge in [-0.1, -0.05) is 0 Å². The molecule has 0 radical (unpaired) electrons. The third kappa shape index (κ3) is 5.01. The van der Waals surface area contributed by atoms with E-state index in [9.17, 15) is 14.4 Å². The van der Waals surface area contributed by atoms with E-state index in [1.165, 1.54) is 6.42 Å². The molecule has 3 aliphatic heterocycles. The first-order valence-electron chi connectivity index (χ1n) is 13.1. The molecule has 36 heavy (non-hydrogen) atoms. The van der Waals surface area contributed by atoms with Crippen LogP contribution in [0, 0.1) is 11.8 Å². The number of rotatable bonds is 5. The molecule has 1 N–H and O–H groups in total. The third-order valence-electron chi connectivity index (χ3n) is 7.87. The van der Waals surface area contributed by atoms with Crippen molar-refractivity contribution in [3.8, 4) is 0 Å². The maximum Gasteiger partial charge on any atom is 0.409 e. The summed E-state index contributed by atoms with van der Waals surface area (Å²) in [6.45, 7) is 5.68. The molecule has 194 valence electrons. The van der Waals surface area contributed by atoms with Gasteiger partial charge in [0.2, 0.25) is 17.8 Å². The lowest BCUT2D eigenvalue weighted by Crippen LogP contribution is -2.40. The van der Waals surface area contributed by atoms with Gasteiger partial charge in [-0.2, -0.15) is 10.1 Å². The number of hydrogen-bond donors (Lipinski definition) is 1. The molecule has 0 bridgehead atoms. The Morgan fingerprint density at radius 3 is 2.44 bits per heavy atom. The van der Waals surface area contributed by atoms with Crippen LogP contribution in [0.3, 0.4) is 0 Å². The number of nitrogens with zero attached hydrogens (tertiary/aromatic N) is 6. The molecule has 11 nitrogen and oxygen atoms in total. The number of nitrogens with one attached hydrogen (secondary N) is 1. The monoisotopic (exact) mass is 497 g/mol. The summed E-state index contributed by atoms with van der Waals surface area (Å²) < 4.78 is 6.83. The van der Waals surface area contributed by atoms with Crippen LogP contribution in [-0.4, -0.2) is 75.3 Å². The fourth-order valence-electron chi connectivity index (χ4n) is 5.82. The lowest BCUT2D eigenvalue weighted by Gasteiger charge is -2.36. The highest BCUT2D eigenvalue weighted by Gasteiger charge is 2.33. The largest absolute Gasteiger partial charge is 0.450 e. The van der Waals surface area contributed by atoms with Gasteiger partial charge in [0.15, 0.2) is 5.65 Å². The first-order valence-corrected chi connectivity index (χ1v) is 13.1. The van der Waals surface area contributed by atoms with Gasteiger partial charge in [-0.15, -0.1) is 0 Å². The number of hydrogen-bond acceptors (Lipinski definition) is 8. The number of piperidine rings is 3. The van der Waals surface area contributed by atoms with Crippen molar-refractivity contribution in [3.63, 3.8) is 0 Å². The normalized spacial score (nSPS) is 22.2. The molecule has 3 aliphatic rings. The predicted molar refractivity (Wildman–Crippen MR) is 132 cm³/mol. The lowest BCUT2D eigenvalue weighted by atomic mass is 9.83. The molecule has 5 rings (SSSR count). The number of ether oxygens (including phenoxy) is 1. The third-order valence-corrected chi connectivity index (χ3v) is 7.87. The van der Waals surface area contributed by atoms with Crippen molar-refractivity contribution < 1.29 is 19.1 Å². The number of aryl methyl sites for hydroxylation is 1. The first kappa shape index (κ1) is 24.5. The minimum atomic E-state index is -0.458. The number of amides is 3. The van der Waals surface area contributed by atoms with Crippen LogP contribution in [0.4, 0.5) is 10.7 Å². The van der Waals surface area contributed by atoms with Crippen LogP contribution in [0.25, 0.3) is 11.0 Å². The second kappa shape index (κ2) is 10.4. The van der Waals surface area contributed by atoms with E-state index >= 15 is 0 Å². The summed E-state index contributed by atoms with van der Waals surface area (Å²) in [5.41, 5.74) is 1.34. The summed E-state index contributed by atoms with van der Waals surface area (Å²) in [7, 11) is 1.83. The van der Waals surface area contributed by atoms with Gasteiger partial charge in [-0.3, -0.25) is 14.9 Å². The quantitative estimate of drug-likeness (QED) is 0.625. The SMILES string of the molecule is CCOC(=O)N1CCC(CC2CCN(c3ncc4c(C5CCC(=O)NC5=O)nn(C)c4n3)CC2)CC1. The number of aromatic nitrogens is 4. The van der Waals surface area contributed by atoms with E-state index in [0.717, 1.165) is 57.2 Å². The lowest BCUT2D eigenvalue weighted by molar-refractivity contribution is -0.134. The van der Waals surface area contributed by atoms with Crippen LogP contribution in [0.2, 0.25) is 0 Å². The highest BCUT2D eigenvalue weighted by Crippen LogP contribution is 2.33. The average Bonchev–Trinajstić information content (AvgIpc) is 3.20. The van der Waals surface area contributed by atoms with Gasteiger partial charge in [0.05, 0.1) is 23.6 Å². The van der Waals surface area contributed by atoms with E-state index in [2.05, 4.69) is 20.3 Å². The highest BCUT2D eigenvalue weighted by atomic mass is 16.6. The van der Waals surface area contributed by atoms with Crippen LogP contribution in [0.15, 0.2) is 6.20 Å². The fraction of sp³-hybridized carbons (Fsp3) is 0.680. The van der Waals surface area contributed by atoms with Gasteiger partial charge >= 0.3 is 6.09 Å². The smallest absolute Gasteiger partial charge is 0.409 e. The topological polar surface area (TPSA) is 123 Å². The fourth-order valence-corrected chi connectivity index (χ4v) is 5.82. The van der Waals surface area contributed by atoms with Gasteiger partial charge in [0.1, 0.15) is 0 Å². The van der Waals surface area contributed by atoms with Crippen LogP contribution in [0.5, 0.6) is 0 Å². The van der Waals surface area contributed by atoms with Gasteiger partial charge in [0, 0.05) is 45.8 Å². The molecular weight excluding hydrogens is 462 g/mol. The number of likely N-dealkylation sites (tertiary alicyclic amines) is 1. The molecule has 0 spiro atoms. The molecule has 3 fully saturated rings. The van der Waals surface area contributed by atoms with Crippen LogP contribution in [0.1, 0.15) is 63.5 Å². The molecule has 11 heteroatoms. The minimum Gasteiger partial charge on any atom is -0.450 e. The van der Waals surface area contributed by atoms with Crippen molar-refractivity contribution in [2.75, 3.05) is 37.7 Å². The minimum absolute atomic E-state index is 0.182. The summed E-state index contributed by atoms with van der Waals surface area (Å²) >= 11 is 0. The Kier molecular flexibility index (Phi) is 7.06. The molecule has 2 aromatic heterocycles. The predicted octanol–water partition coefficient (Wildman–Crippen LogP) is 2.36. The molecule has 3 amide bonds. The Morgan fingerprint density at radius 2 is 1.78 bits per heavy atom. The number of anilines is 1. The van der Waals surface area contributed by atoms with E-state index in [1.54, 1.807) is 10.9 Å². The maximum absolute atomic E-state index is 12.4. The van der Waals surface area contributed by atoms with E-state index in [0.29, 0.717) is 48.6 Å². The van der Waals surface area contributed by atoms with Crippen molar-refractivity contribution >= 4 is 34.9 Å². The van der Waals surface area contributed by atoms with Crippen molar-refractivity contribution in [1.29, 1.82) is 0 Å². The van der Waals surface area contributed by atoms with Crippen molar-refractivity contribution in [1.82, 2.24) is 30.0 Å². The molecule has 1 atom stereocenters. The molecule has 1 unspecified atom stereocenters. The number of imide groups is 1. The molecule has 2 aromatic rings. The molecule has 5 heterocycles. The summed E-state index contributed by atoms with van der Waals surface area (Å²) in [5.74, 6) is 1.05. The van der Waals surface area contributed by atoms with Crippen molar-refractivity contribution in [2.24, 2.45) is 18.9 Å². The van der Waals surface area contributed by atoms with E-state index in [-0.39, 0.29) is 17.9 Å². The molecule has 0 saturated carbocycles. The zero-order chi connectivity index (χ0) is 25.2. The van der Waals surface area contributed by atoms with Gasteiger partial charge in [-0.25, -0.2) is 14.5 Å². The van der Waals surface area contributed by atoms with Gasteiger partial charge in [0.25, 0.3) is 0 Å². The summed E-state index contributed by atoms with van der Waals surface area (Å²) in [4.78, 5) is 49.3. The standard InChI is InChI=1S/C25H35N7O4/c1-3-36-25(35)32-12-8-17(9-13-32)14-16-6-10-31(11-7-16)24-26-15-19-21(29-30(2)22(19)28-24)18-4-5-20(33)27-23(18)34/h15-18H,3-14H2,1-2H3,(H,27,33,34). The number of fused-ring (bicyclic) bond motifs is 1. The Bertz CT molecular complexity index is 1130. The Labute approximate surface area is 210 Å². The zero-order valence-corrected chi connectivity index (χ0v) is 21.1. The average molecular weight is 498 g/mol. The number of carbonyl (C=O) groups is 3. The maximum atomic E-state index is 12.4. The Morgan fingerprint density at radius 1 is 1.08 bits per heavy atom. The summed E-state index contributed by atoms with van der Waals surface area (Å²) in [6.07, 6.45) is 7.87. The van der Waals surface area contributed by atoms with Crippen LogP contribution < -0.4 is 10.2 Å². The first-order chi connectivity index (χ1) is 17.4. The van der Waals surface area contributed by atoms with E-state index in [4.69, 9.17) is 9.72 Å². The van der Waals surface area contributed by atoms with Gasteiger partial charge in [-0.05, 0) is 57.3 Å². The van der Waals surface area contributed by atoms with Crippen molar-refractivity contribution in [3.05, 3.63) is 11.9 Å². The number of carbonyl (C=O) groups excluding carboxylic acids is 3. The van der Waals surface area contributed by atoms with Gasteiger partial charge < -0.3 is 14.5 Å². The van der Waals surface area contributed by atoms with Crippen molar-refractivity contribution in [2.45, 2.75) is 57.8 Å². The Balaban J connectivity index is 1.17. The zero-order valence-electron chi connectivity index (χ0n) is 21.1. The van der Waals surface area contributed by atoms with Crippen LogP contribution >= 0.6 is 0 Å². The second-order valence-electron chi connectivity index (χ2n) is 10.2. The summed E-state index contributed by atoms with van der Waals surface area (Å²) in [5, 5.41) is 7.74. The second-order valence-corrected chi connectivity index (χ2v) is 10.2. The molecule has 0 aromatic carbocycles.